The Morgan fingerprint density at radius 3 is 2.20 bits per heavy atom. The molecule has 1 aliphatic rings. The lowest BCUT2D eigenvalue weighted by molar-refractivity contribution is 0.406. The summed E-state index contributed by atoms with van der Waals surface area (Å²) in [7, 11) is -2.05. The molecule has 0 unspecified atom stereocenters. The maximum atomic E-state index is 13.2. The Kier molecular flexibility index (Phi) is 7.09. The van der Waals surface area contributed by atoms with Crippen LogP contribution in [-0.2, 0) is 10.0 Å². The van der Waals surface area contributed by atoms with Crippen molar-refractivity contribution in [3.8, 4) is 5.75 Å². The molecule has 1 aliphatic heterocycles. The van der Waals surface area contributed by atoms with Crippen molar-refractivity contribution in [1.29, 1.82) is 0 Å². The summed E-state index contributed by atoms with van der Waals surface area (Å²) in [5.41, 5.74) is 3.73. The highest BCUT2D eigenvalue weighted by Crippen LogP contribution is 2.32. The number of sulfonamides is 1. The van der Waals surface area contributed by atoms with Crippen LogP contribution in [0.4, 0.5) is 5.69 Å². The van der Waals surface area contributed by atoms with Gasteiger partial charge in [-0.3, -0.25) is 0 Å². The first-order chi connectivity index (χ1) is 14.2. The minimum atomic E-state index is -3.67. The Morgan fingerprint density at radius 1 is 1.00 bits per heavy atom. The summed E-state index contributed by atoms with van der Waals surface area (Å²) in [5, 5.41) is 0. The molecule has 1 saturated heterocycles. The number of hydrogen-bond donors (Lipinski definition) is 1. The fourth-order valence-electron chi connectivity index (χ4n) is 4.08. The van der Waals surface area contributed by atoms with Crippen LogP contribution in [0.2, 0.25) is 0 Å². The SMILES string of the molecule is COc1cc(C)c(S(=O)(=O)N[C@@H](C)c2ccc(N3CCCCC3)cc2)cc1C(C)C. The van der Waals surface area contributed by atoms with Crippen LogP contribution >= 0.6 is 0 Å². The fourth-order valence-corrected chi connectivity index (χ4v) is 5.58. The highest BCUT2D eigenvalue weighted by Gasteiger charge is 2.23. The Hall–Kier alpha value is -2.05. The molecule has 164 valence electrons. The van der Waals surface area contributed by atoms with Crippen molar-refractivity contribution in [3.05, 3.63) is 53.1 Å². The molecule has 1 N–H and O–H groups in total. The van der Waals surface area contributed by atoms with Crippen molar-refractivity contribution in [2.45, 2.75) is 63.8 Å². The Bertz CT molecular complexity index is 963. The molecule has 0 saturated carbocycles. The van der Waals surface area contributed by atoms with Gasteiger partial charge in [-0.15, -0.1) is 0 Å². The van der Waals surface area contributed by atoms with Gasteiger partial charge in [0.05, 0.1) is 12.0 Å². The van der Waals surface area contributed by atoms with Gasteiger partial charge in [0, 0.05) is 24.8 Å². The van der Waals surface area contributed by atoms with Crippen molar-refractivity contribution in [3.63, 3.8) is 0 Å². The predicted molar refractivity (Wildman–Crippen MR) is 123 cm³/mol. The molecule has 0 spiro atoms. The number of nitrogens with one attached hydrogen (secondary N) is 1. The summed E-state index contributed by atoms with van der Waals surface area (Å²) in [6.45, 7) is 9.94. The fraction of sp³-hybridized carbons (Fsp3) is 0.500. The molecule has 5 nitrogen and oxygen atoms in total. The third kappa shape index (κ3) is 4.98. The lowest BCUT2D eigenvalue weighted by atomic mass is 10.0. The molecule has 0 aliphatic carbocycles. The van der Waals surface area contributed by atoms with Crippen molar-refractivity contribution in [1.82, 2.24) is 4.72 Å². The molecule has 0 amide bonds. The van der Waals surface area contributed by atoms with Gasteiger partial charge >= 0.3 is 0 Å². The van der Waals surface area contributed by atoms with Gasteiger partial charge in [0.25, 0.3) is 0 Å². The smallest absolute Gasteiger partial charge is 0.241 e. The van der Waals surface area contributed by atoms with E-state index in [0.29, 0.717) is 10.5 Å². The largest absolute Gasteiger partial charge is 0.496 e. The molecule has 0 aromatic heterocycles. The van der Waals surface area contributed by atoms with Gasteiger partial charge in [-0.25, -0.2) is 13.1 Å². The second kappa shape index (κ2) is 9.40. The van der Waals surface area contributed by atoms with Gasteiger partial charge in [0.2, 0.25) is 10.0 Å². The Labute approximate surface area is 181 Å². The number of piperidine rings is 1. The van der Waals surface area contributed by atoms with E-state index in [-0.39, 0.29) is 12.0 Å². The normalized spacial score (nSPS) is 16.0. The first-order valence-electron chi connectivity index (χ1n) is 10.8. The van der Waals surface area contributed by atoms with E-state index in [9.17, 15) is 8.42 Å². The number of methoxy groups -OCH3 is 1. The van der Waals surface area contributed by atoms with E-state index in [1.165, 1.54) is 24.9 Å². The molecular formula is C24H34N2O3S. The molecule has 1 atom stereocenters. The van der Waals surface area contributed by atoms with Crippen LogP contribution in [0.3, 0.4) is 0 Å². The molecular weight excluding hydrogens is 396 g/mol. The second-order valence-corrected chi connectivity index (χ2v) is 10.2. The second-order valence-electron chi connectivity index (χ2n) is 8.50. The quantitative estimate of drug-likeness (QED) is 0.659. The zero-order chi connectivity index (χ0) is 21.9. The van der Waals surface area contributed by atoms with E-state index in [4.69, 9.17) is 4.74 Å². The van der Waals surface area contributed by atoms with Crippen LogP contribution in [0, 0.1) is 6.92 Å². The average molecular weight is 431 g/mol. The highest BCUT2D eigenvalue weighted by atomic mass is 32.2. The van der Waals surface area contributed by atoms with Crippen molar-refractivity contribution < 1.29 is 13.2 Å². The van der Waals surface area contributed by atoms with Gasteiger partial charge in [-0.1, -0.05) is 26.0 Å². The number of rotatable bonds is 7. The first kappa shape index (κ1) is 22.6. The van der Waals surface area contributed by atoms with Crippen LogP contribution in [0.5, 0.6) is 5.75 Å². The summed E-state index contributed by atoms with van der Waals surface area (Å²) in [5.74, 6) is 0.886. The zero-order valence-electron chi connectivity index (χ0n) is 18.7. The monoisotopic (exact) mass is 430 g/mol. The number of anilines is 1. The Morgan fingerprint density at radius 2 is 1.63 bits per heavy atom. The van der Waals surface area contributed by atoms with Crippen molar-refractivity contribution in [2.75, 3.05) is 25.1 Å². The molecule has 0 radical (unpaired) electrons. The minimum Gasteiger partial charge on any atom is -0.496 e. The molecule has 2 aromatic carbocycles. The van der Waals surface area contributed by atoms with E-state index in [0.717, 1.165) is 30.0 Å². The third-order valence-corrected chi connectivity index (χ3v) is 7.57. The molecule has 6 heteroatoms. The van der Waals surface area contributed by atoms with E-state index in [2.05, 4.69) is 21.8 Å². The topological polar surface area (TPSA) is 58.6 Å². The summed E-state index contributed by atoms with van der Waals surface area (Å²) in [6.07, 6.45) is 3.77. The first-order valence-corrected chi connectivity index (χ1v) is 12.3. The van der Waals surface area contributed by atoms with Gasteiger partial charge in [0.15, 0.2) is 0 Å². The lowest BCUT2D eigenvalue weighted by Crippen LogP contribution is -2.29. The van der Waals surface area contributed by atoms with Crippen LogP contribution in [0.1, 0.15) is 68.7 Å². The van der Waals surface area contributed by atoms with Crippen molar-refractivity contribution >= 4 is 15.7 Å². The van der Waals surface area contributed by atoms with E-state index >= 15 is 0 Å². The summed E-state index contributed by atoms with van der Waals surface area (Å²) < 4.78 is 34.6. The number of hydrogen-bond acceptors (Lipinski definition) is 4. The number of aryl methyl sites for hydroxylation is 1. The van der Waals surface area contributed by atoms with Gasteiger partial charge in [-0.05, 0) is 80.0 Å². The number of benzene rings is 2. The van der Waals surface area contributed by atoms with Gasteiger partial charge in [-0.2, -0.15) is 0 Å². The Balaban J connectivity index is 1.80. The average Bonchev–Trinajstić information content (AvgIpc) is 2.73. The molecule has 2 aromatic rings. The molecule has 1 heterocycles. The molecule has 1 fully saturated rings. The van der Waals surface area contributed by atoms with Gasteiger partial charge in [0.1, 0.15) is 5.75 Å². The minimum absolute atomic E-state index is 0.161. The summed E-state index contributed by atoms with van der Waals surface area (Å²) in [6, 6.07) is 11.5. The molecule has 30 heavy (non-hydrogen) atoms. The van der Waals surface area contributed by atoms with Crippen molar-refractivity contribution in [2.24, 2.45) is 0 Å². The summed E-state index contributed by atoms with van der Waals surface area (Å²) in [4.78, 5) is 2.71. The number of nitrogens with zero attached hydrogens (tertiary/aromatic N) is 1. The third-order valence-electron chi connectivity index (χ3n) is 5.89. The van der Waals surface area contributed by atoms with E-state index < -0.39 is 10.0 Å². The zero-order valence-corrected chi connectivity index (χ0v) is 19.6. The molecule has 3 rings (SSSR count). The molecule has 0 bridgehead atoms. The van der Waals surface area contributed by atoms with Crippen LogP contribution in [0.25, 0.3) is 0 Å². The predicted octanol–water partition coefficient (Wildman–Crippen LogP) is 5.16. The van der Waals surface area contributed by atoms with E-state index in [1.54, 1.807) is 20.1 Å². The van der Waals surface area contributed by atoms with E-state index in [1.807, 2.05) is 39.0 Å². The summed E-state index contributed by atoms with van der Waals surface area (Å²) >= 11 is 0. The standard InChI is InChI=1S/C24H34N2O3S/c1-17(2)22-16-24(18(3)15-23(22)29-5)30(27,28)25-19(4)20-9-11-21(12-10-20)26-13-7-6-8-14-26/h9-12,15-17,19,25H,6-8,13-14H2,1-5H3/t19-/m0/s1. The maximum Gasteiger partial charge on any atom is 0.241 e. The number of ether oxygens (including phenoxy) is 1. The highest BCUT2D eigenvalue weighted by molar-refractivity contribution is 7.89. The lowest BCUT2D eigenvalue weighted by Gasteiger charge is -2.29. The van der Waals surface area contributed by atoms with Crippen LogP contribution < -0.4 is 14.4 Å². The van der Waals surface area contributed by atoms with Gasteiger partial charge < -0.3 is 9.64 Å². The van der Waals surface area contributed by atoms with Crippen LogP contribution in [0.15, 0.2) is 41.3 Å². The van der Waals surface area contributed by atoms with Crippen LogP contribution in [-0.4, -0.2) is 28.6 Å². The maximum absolute atomic E-state index is 13.2.